The third kappa shape index (κ3) is 5.70. The van der Waals surface area contributed by atoms with E-state index in [2.05, 4.69) is 32.9 Å². The molecule has 3 aromatic rings. The summed E-state index contributed by atoms with van der Waals surface area (Å²) in [7, 11) is 1.56. The van der Waals surface area contributed by atoms with Crippen molar-refractivity contribution in [3.05, 3.63) is 101 Å². The van der Waals surface area contributed by atoms with E-state index >= 15 is 0 Å². The Hall–Kier alpha value is -3.66. The maximum atomic E-state index is 12.8. The highest BCUT2D eigenvalue weighted by molar-refractivity contribution is 6.09. The lowest BCUT2D eigenvalue weighted by atomic mass is 9.87. The number of hydrogen-bond acceptors (Lipinski definition) is 4. The van der Waals surface area contributed by atoms with E-state index < -0.39 is 5.97 Å². The first-order valence-electron chi connectivity index (χ1n) is 10.1. The van der Waals surface area contributed by atoms with Crippen molar-refractivity contribution in [3.8, 4) is 11.5 Å². The zero-order valence-corrected chi connectivity index (χ0v) is 18.2. The van der Waals surface area contributed by atoms with E-state index in [0.717, 1.165) is 5.56 Å². The van der Waals surface area contributed by atoms with Crippen LogP contribution in [0, 0.1) is 0 Å². The van der Waals surface area contributed by atoms with Crippen molar-refractivity contribution in [1.29, 1.82) is 0 Å². The van der Waals surface area contributed by atoms with Crippen LogP contribution in [0.25, 0.3) is 6.08 Å². The van der Waals surface area contributed by atoms with Crippen LogP contribution in [0.4, 0.5) is 0 Å². The van der Waals surface area contributed by atoms with Gasteiger partial charge in [-0.1, -0.05) is 63.2 Å². The van der Waals surface area contributed by atoms with Gasteiger partial charge in [0, 0.05) is 0 Å². The van der Waals surface area contributed by atoms with Crippen LogP contribution in [0.5, 0.6) is 11.5 Å². The third-order valence-corrected chi connectivity index (χ3v) is 4.88. The number of para-hydroxylation sites is 1. The minimum Gasteiger partial charge on any atom is -0.497 e. The number of rotatable bonds is 6. The lowest BCUT2D eigenvalue weighted by Gasteiger charge is -2.18. The molecule has 0 spiro atoms. The van der Waals surface area contributed by atoms with Gasteiger partial charge >= 0.3 is 5.97 Å². The smallest absolute Gasteiger partial charge is 0.343 e. The average Bonchev–Trinajstić information content (AvgIpc) is 2.77. The molecule has 0 saturated heterocycles. The van der Waals surface area contributed by atoms with Crippen molar-refractivity contribution < 1.29 is 19.1 Å². The number of ether oxygens (including phenoxy) is 2. The van der Waals surface area contributed by atoms with Crippen LogP contribution >= 0.6 is 0 Å². The van der Waals surface area contributed by atoms with E-state index in [1.165, 1.54) is 11.6 Å². The largest absolute Gasteiger partial charge is 0.497 e. The molecular formula is C27H26O4. The molecule has 0 bridgehead atoms. The second kappa shape index (κ2) is 9.43. The van der Waals surface area contributed by atoms with Gasteiger partial charge in [-0.3, -0.25) is 4.79 Å². The van der Waals surface area contributed by atoms with E-state index in [1.54, 1.807) is 61.7 Å². The fourth-order valence-electron chi connectivity index (χ4n) is 3.00. The van der Waals surface area contributed by atoms with Gasteiger partial charge in [-0.25, -0.2) is 4.79 Å². The van der Waals surface area contributed by atoms with Gasteiger partial charge in [0.25, 0.3) is 0 Å². The van der Waals surface area contributed by atoms with E-state index in [1.807, 2.05) is 12.1 Å². The van der Waals surface area contributed by atoms with Gasteiger partial charge in [-0.2, -0.15) is 0 Å². The summed E-state index contributed by atoms with van der Waals surface area (Å²) in [4.78, 5) is 25.3. The first-order chi connectivity index (χ1) is 14.8. The first kappa shape index (κ1) is 22.0. The number of hydrogen-bond donors (Lipinski definition) is 0. The normalized spacial score (nSPS) is 11.4. The van der Waals surface area contributed by atoms with Gasteiger partial charge in [-0.05, 0) is 59.0 Å². The fourth-order valence-corrected chi connectivity index (χ4v) is 3.00. The monoisotopic (exact) mass is 414 g/mol. The summed E-state index contributed by atoms with van der Waals surface area (Å²) >= 11 is 0. The Balaban J connectivity index is 1.75. The maximum Gasteiger partial charge on any atom is 0.343 e. The van der Waals surface area contributed by atoms with Crippen LogP contribution in [-0.4, -0.2) is 18.9 Å². The van der Waals surface area contributed by atoms with Crippen LogP contribution in [0.1, 0.15) is 52.6 Å². The standard InChI is InChI=1S/C27H26O4/c1-27(2,3)21-14-9-19(10-15-21)11-18-24(28)23-7-5-6-8-25(23)31-26(29)20-12-16-22(30-4)17-13-20/h5-18H,1-4H3/b18-11+. The predicted molar refractivity (Wildman–Crippen MR) is 123 cm³/mol. The molecule has 4 heteroatoms. The molecule has 3 aromatic carbocycles. The summed E-state index contributed by atoms with van der Waals surface area (Å²) in [5.74, 6) is 0.0940. The van der Waals surface area contributed by atoms with Crippen molar-refractivity contribution in [1.82, 2.24) is 0 Å². The molecule has 0 aliphatic carbocycles. The second-order valence-electron chi connectivity index (χ2n) is 8.18. The quantitative estimate of drug-likeness (QED) is 0.211. The van der Waals surface area contributed by atoms with Gasteiger partial charge < -0.3 is 9.47 Å². The Morgan fingerprint density at radius 1 is 0.839 bits per heavy atom. The molecule has 0 aromatic heterocycles. The van der Waals surface area contributed by atoms with Crippen molar-refractivity contribution in [2.45, 2.75) is 26.2 Å². The van der Waals surface area contributed by atoms with Crippen LogP contribution in [0.15, 0.2) is 78.9 Å². The molecule has 0 saturated carbocycles. The Kier molecular flexibility index (Phi) is 6.71. The molecule has 0 fully saturated rings. The lowest BCUT2D eigenvalue weighted by Crippen LogP contribution is -2.11. The molecule has 3 rings (SSSR count). The highest BCUT2D eigenvalue weighted by Crippen LogP contribution is 2.24. The summed E-state index contributed by atoms with van der Waals surface area (Å²) in [5, 5.41) is 0. The summed E-state index contributed by atoms with van der Waals surface area (Å²) in [6, 6.07) is 21.4. The Morgan fingerprint density at radius 3 is 2.10 bits per heavy atom. The molecule has 0 unspecified atom stereocenters. The molecule has 0 atom stereocenters. The van der Waals surface area contributed by atoms with E-state index in [4.69, 9.17) is 9.47 Å². The Bertz CT molecular complexity index is 1090. The van der Waals surface area contributed by atoms with Crippen LogP contribution in [0.2, 0.25) is 0 Å². The molecule has 0 heterocycles. The highest BCUT2D eigenvalue weighted by atomic mass is 16.5. The number of ketones is 1. The number of carbonyl (C=O) groups excluding carboxylic acids is 2. The predicted octanol–water partition coefficient (Wildman–Crippen LogP) is 6.11. The second-order valence-corrected chi connectivity index (χ2v) is 8.18. The van der Waals surface area contributed by atoms with Crippen LogP contribution in [0.3, 0.4) is 0 Å². The van der Waals surface area contributed by atoms with Crippen molar-refractivity contribution in [2.75, 3.05) is 7.11 Å². The Morgan fingerprint density at radius 2 is 1.48 bits per heavy atom. The highest BCUT2D eigenvalue weighted by Gasteiger charge is 2.15. The minimum absolute atomic E-state index is 0.0742. The van der Waals surface area contributed by atoms with Gasteiger partial charge in [-0.15, -0.1) is 0 Å². The summed E-state index contributed by atoms with van der Waals surface area (Å²) in [6.45, 7) is 6.47. The van der Waals surface area contributed by atoms with Gasteiger partial charge in [0.2, 0.25) is 0 Å². The maximum absolute atomic E-state index is 12.8. The van der Waals surface area contributed by atoms with Crippen molar-refractivity contribution in [2.24, 2.45) is 0 Å². The minimum atomic E-state index is -0.537. The molecule has 0 N–H and O–H groups in total. The van der Waals surface area contributed by atoms with E-state index in [0.29, 0.717) is 16.9 Å². The number of esters is 1. The summed E-state index contributed by atoms with van der Waals surface area (Å²) in [5.41, 5.74) is 2.93. The number of allylic oxidation sites excluding steroid dienone is 1. The molecule has 0 aliphatic rings. The molecule has 0 aliphatic heterocycles. The average molecular weight is 415 g/mol. The van der Waals surface area contributed by atoms with E-state index in [-0.39, 0.29) is 16.9 Å². The number of carbonyl (C=O) groups is 2. The summed E-state index contributed by atoms with van der Waals surface area (Å²) in [6.07, 6.45) is 3.25. The van der Waals surface area contributed by atoms with Crippen LogP contribution in [-0.2, 0) is 5.41 Å². The van der Waals surface area contributed by atoms with Crippen LogP contribution < -0.4 is 9.47 Å². The molecule has 0 radical (unpaired) electrons. The fraction of sp³-hybridized carbons (Fsp3) is 0.185. The SMILES string of the molecule is COc1ccc(C(=O)Oc2ccccc2C(=O)/C=C/c2ccc(C(C)(C)C)cc2)cc1. The number of benzene rings is 3. The topological polar surface area (TPSA) is 52.6 Å². The first-order valence-corrected chi connectivity index (χ1v) is 10.1. The zero-order chi connectivity index (χ0) is 22.4. The molecular weight excluding hydrogens is 388 g/mol. The molecule has 158 valence electrons. The van der Waals surface area contributed by atoms with Crippen molar-refractivity contribution in [3.63, 3.8) is 0 Å². The third-order valence-electron chi connectivity index (χ3n) is 4.88. The van der Waals surface area contributed by atoms with Gasteiger partial charge in [0.15, 0.2) is 5.78 Å². The Labute approximate surface area is 183 Å². The van der Waals surface area contributed by atoms with Crippen molar-refractivity contribution >= 4 is 17.8 Å². The van der Waals surface area contributed by atoms with Gasteiger partial charge in [0.05, 0.1) is 18.2 Å². The van der Waals surface area contributed by atoms with E-state index in [9.17, 15) is 9.59 Å². The molecule has 0 amide bonds. The molecule has 4 nitrogen and oxygen atoms in total. The summed E-state index contributed by atoms with van der Waals surface area (Å²) < 4.78 is 10.6. The lowest BCUT2D eigenvalue weighted by molar-refractivity contribution is 0.0733. The zero-order valence-electron chi connectivity index (χ0n) is 18.2. The molecule has 31 heavy (non-hydrogen) atoms. The number of methoxy groups -OCH3 is 1. The van der Waals surface area contributed by atoms with Gasteiger partial charge in [0.1, 0.15) is 11.5 Å².